The topological polar surface area (TPSA) is 38.7 Å². The molecule has 0 unspecified atom stereocenters. The molecule has 6 heteroatoms. The Bertz CT molecular complexity index is 1020. The van der Waals surface area contributed by atoms with Crippen LogP contribution in [0, 0.1) is 0 Å². The molecule has 2 saturated heterocycles. The summed E-state index contributed by atoms with van der Waals surface area (Å²) in [6, 6.07) is 15.2. The van der Waals surface area contributed by atoms with Gasteiger partial charge in [0.25, 0.3) is 0 Å². The first kappa shape index (κ1) is 19.7. The zero-order chi connectivity index (χ0) is 20.5. The third-order valence-corrected chi connectivity index (χ3v) is 6.40. The number of rotatable bonds is 4. The molecule has 3 heterocycles. The third kappa shape index (κ3) is 3.66. The fourth-order valence-corrected chi connectivity index (χ4v) is 4.96. The minimum Gasteiger partial charge on any atom is -0.381 e. The average Bonchev–Trinajstić information content (AvgIpc) is 3.08. The highest BCUT2D eigenvalue weighted by Gasteiger charge is 2.26. The normalized spacial score (nSPS) is 18.1. The van der Waals surface area contributed by atoms with Gasteiger partial charge >= 0.3 is 0 Å². The molecule has 1 aromatic heterocycles. The molecule has 158 valence electrons. The highest BCUT2D eigenvalue weighted by Crippen LogP contribution is 2.44. The first-order valence-corrected chi connectivity index (χ1v) is 11.1. The number of anilines is 2. The summed E-state index contributed by atoms with van der Waals surface area (Å²) in [6.45, 7) is 4.88. The van der Waals surface area contributed by atoms with Gasteiger partial charge in [0.15, 0.2) is 0 Å². The van der Waals surface area contributed by atoms with Crippen molar-refractivity contribution in [1.29, 1.82) is 0 Å². The molecule has 2 fully saturated rings. The van der Waals surface area contributed by atoms with Crippen molar-refractivity contribution in [2.24, 2.45) is 7.05 Å². The van der Waals surface area contributed by atoms with Crippen LogP contribution in [0.5, 0.6) is 0 Å². The minimum absolute atomic E-state index is 0.405. The van der Waals surface area contributed by atoms with Gasteiger partial charge in [0.2, 0.25) is 0 Å². The van der Waals surface area contributed by atoms with Crippen LogP contribution in [0.2, 0.25) is 5.02 Å². The number of halogens is 1. The summed E-state index contributed by atoms with van der Waals surface area (Å²) < 4.78 is 13.5. The summed E-state index contributed by atoms with van der Waals surface area (Å²) >= 11 is 6.64. The van der Waals surface area contributed by atoms with E-state index in [0.717, 1.165) is 63.1 Å². The Balaban J connectivity index is 1.70. The van der Waals surface area contributed by atoms with Crippen LogP contribution in [0.25, 0.3) is 22.2 Å². The van der Waals surface area contributed by atoms with E-state index in [0.29, 0.717) is 6.04 Å². The molecule has 0 saturated carbocycles. The van der Waals surface area contributed by atoms with E-state index >= 15 is 0 Å². The number of nitrogens with zero attached hydrogens (tertiary/aromatic N) is 2. The van der Waals surface area contributed by atoms with Crippen LogP contribution in [0.1, 0.15) is 12.8 Å². The van der Waals surface area contributed by atoms with Crippen molar-refractivity contribution < 1.29 is 9.47 Å². The summed E-state index contributed by atoms with van der Waals surface area (Å²) in [5, 5.41) is 5.73. The van der Waals surface area contributed by atoms with Gasteiger partial charge in [-0.1, -0.05) is 41.9 Å². The standard InChI is InChI=1S/C24H28ClN3O2/c1-27-22(17-5-3-2-4-6-17)24(28-9-13-30-14-10-28)20-15-18(25)16-21(23(20)27)26-19-7-11-29-12-8-19/h2-6,15-16,19,26H,7-14H2,1H3. The zero-order valence-corrected chi connectivity index (χ0v) is 18.1. The Morgan fingerprint density at radius 1 is 0.967 bits per heavy atom. The van der Waals surface area contributed by atoms with Crippen molar-refractivity contribution >= 4 is 33.9 Å². The number of fused-ring (bicyclic) bond motifs is 1. The van der Waals surface area contributed by atoms with E-state index in [-0.39, 0.29) is 0 Å². The fraction of sp³-hybridized carbons (Fsp3) is 0.417. The number of nitrogens with one attached hydrogen (secondary N) is 1. The van der Waals surface area contributed by atoms with Crippen molar-refractivity contribution in [3.8, 4) is 11.3 Å². The van der Waals surface area contributed by atoms with E-state index in [9.17, 15) is 0 Å². The molecular weight excluding hydrogens is 398 g/mol. The van der Waals surface area contributed by atoms with E-state index in [2.05, 4.69) is 64.3 Å². The number of morpholine rings is 1. The maximum absolute atomic E-state index is 6.64. The number of hydrogen-bond donors (Lipinski definition) is 1. The van der Waals surface area contributed by atoms with Gasteiger partial charge in [-0.2, -0.15) is 0 Å². The van der Waals surface area contributed by atoms with Crippen LogP contribution in [0.3, 0.4) is 0 Å². The van der Waals surface area contributed by atoms with Crippen LogP contribution >= 0.6 is 11.6 Å². The zero-order valence-electron chi connectivity index (χ0n) is 17.4. The number of benzene rings is 2. The molecule has 2 aliphatic heterocycles. The Labute approximate surface area is 182 Å². The highest BCUT2D eigenvalue weighted by molar-refractivity contribution is 6.32. The molecule has 0 spiro atoms. The number of aryl methyl sites for hydroxylation is 1. The fourth-order valence-electron chi connectivity index (χ4n) is 4.74. The average molecular weight is 426 g/mol. The quantitative estimate of drug-likeness (QED) is 0.643. The number of ether oxygens (including phenoxy) is 2. The van der Waals surface area contributed by atoms with E-state index in [4.69, 9.17) is 21.1 Å². The van der Waals surface area contributed by atoms with Crippen molar-refractivity contribution in [1.82, 2.24) is 4.57 Å². The lowest BCUT2D eigenvalue weighted by atomic mass is 10.1. The summed E-state index contributed by atoms with van der Waals surface area (Å²) in [5.41, 5.74) is 5.99. The molecule has 0 aliphatic carbocycles. The van der Waals surface area contributed by atoms with Gasteiger partial charge in [-0.15, -0.1) is 0 Å². The molecule has 3 aromatic rings. The third-order valence-electron chi connectivity index (χ3n) is 6.18. The Morgan fingerprint density at radius 2 is 1.67 bits per heavy atom. The van der Waals surface area contributed by atoms with Crippen LogP contribution in [-0.2, 0) is 16.5 Å². The predicted octanol–water partition coefficient (Wildman–Crippen LogP) is 4.93. The van der Waals surface area contributed by atoms with Gasteiger partial charge in [-0.3, -0.25) is 0 Å². The van der Waals surface area contributed by atoms with Crippen molar-refractivity contribution in [2.75, 3.05) is 49.7 Å². The first-order valence-electron chi connectivity index (χ1n) is 10.8. The Kier molecular flexibility index (Phi) is 5.59. The summed E-state index contributed by atoms with van der Waals surface area (Å²) in [7, 11) is 2.16. The lowest BCUT2D eigenvalue weighted by molar-refractivity contribution is 0.0905. The second-order valence-electron chi connectivity index (χ2n) is 8.10. The Hall–Kier alpha value is -2.21. The van der Waals surface area contributed by atoms with Crippen LogP contribution in [0.4, 0.5) is 11.4 Å². The second kappa shape index (κ2) is 8.50. The van der Waals surface area contributed by atoms with Crippen LogP contribution < -0.4 is 10.2 Å². The van der Waals surface area contributed by atoms with Gasteiger partial charge in [0.1, 0.15) is 0 Å². The highest BCUT2D eigenvalue weighted by atomic mass is 35.5. The predicted molar refractivity (Wildman–Crippen MR) is 124 cm³/mol. The first-order chi connectivity index (χ1) is 14.7. The molecule has 0 amide bonds. The van der Waals surface area contributed by atoms with Crippen molar-refractivity contribution in [2.45, 2.75) is 18.9 Å². The molecule has 5 rings (SSSR count). The van der Waals surface area contributed by atoms with Crippen molar-refractivity contribution in [3.05, 3.63) is 47.5 Å². The molecule has 1 N–H and O–H groups in total. The Morgan fingerprint density at radius 3 is 2.40 bits per heavy atom. The molecule has 0 bridgehead atoms. The molecule has 0 radical (unpaired) electrons. The van der Waals surface area contributed by atoms with Gasteiger partial charge in [0, 0.05) is 55.4 Å². The largest absolute Gasteiger partial charge is 0.381 e. The van der Waals surface area contributed by atoms with E-state index in [1.807, 2.05) is 0 Å². The monoisotopic (exact) mass is 425 g/mol. The van der Waals surface area contributed by atoms with E-state index < -0.39 is 0 Å². The van der Waals surface area contributed by atoms with E-state index in [1.54, 1.807) is 0 Å². The maximum atomic E-state index is 6.64. The molecule has 0 atom stereocenters. The number of aromatic nitrogens is 1. The SMILES string of the molecule is Cn1c(-c2ccccc2)c(N2CCOCC2)c2cc(Cl)cc(NC3CCOCC3)c21. The molecule has 5 nitrogen and oxygen atoms in total. The van der Waals surface area contributed by atoms with Gasteiger partial charge in [0.05, 0.1) is 35.8 Å². The lowest BCUT2D eigenvalue weighted by Gasteiger charge is -2.30. The summed E-state index contributed by atoms with van der Waals surface area (Å²) in [6.07, 6.45) is 2.03. The van der Waals surface area contributed by atoms with Crippen molar-refractivity contribution in [3.63, 3.8) is 0 Å². The minimum atomic E-state index is 0.405. The maximum Gasteiger partial charge on any atom is 0.0741 e. The molecule has 2 aliphatic rings. The van der Waals surface area contributed by atoms with Crippen LogP contribution in [-0.4, -0.2) is 50.1 Å². The van der Waals surface area contributed by atoms with Crippen LogP contribution in [0.15, 0.2) is 42.5 Å². The van der Waals surface area contributed by atoms with E-state index in [1.165, 1.54) is 27.8 Å². The smallest absolute Gasteiger partial charge is 0.0741 e. The van der Waals surface area contributed by atoms with Gasteiger partial charge < -0.3 is 24.3 Å². The summed E-state index contributed by atoms with van der Waals surface area (Å²) in [5.74, 6) is 0. The lowest BCUT2D eigenvalue weighted by Crippen LogP contribution is -2.36. The molecule has 30 heavy (non-hydrogen) atoms. The van der Waals surface area contributed by atoms with Gasteiger partial charge in [-0.25, -0.2) is 0 Å². The summed E-state index contributed by atoms with van der Waals surface area (Å²) in [4.78, 5) is 2.45. The number of hydrogen-bond acceptors (Lipinski definition) is 4. The molecule has 2 aromatic carbocycles. The van der Waals surface area contributed by atoms with Gasteiger partial charge in [-0.05, 0) is 25.0 Å². The molecular formula is C24H28ClN3O2. The second-order valence-corrected chi connectivity index (χ2v) is 8.54.